The molecule has 1 aliphatic rings. The van der Waals surface area contributed by atoms with E-state index in [0.29, 0.717) is 31.4 Å². The van der Waals surface area contributed by atoms with Gasteiger partial charge in [-0.3, -0.25) is 0 Å². The van der Waals surface area contributed by atoms with Gasteiger partial charge in [0.15, 0.2) is 5.82 Å². The van der Waals surface area contributed by atoms with Crippen LogP contribution in [0.1, 0.15) is 18.7 Å². The van der Waals surface area contributed by atoms with Gasteiger partial charge >= 0.3 is 0 Å². The van der Waals surface area contributed by atoms with Crippen LogP contribution >= 0.6 is 0 Å². The molecule has 4 N–H and O–H groups in total. The molecule has 1 aromatic heterocycles. The van der Waals surface area contributed by atoms with Crippen LogP contribution in [0.5, 0.6) is 0 Å². The van der Waals surface area contributed by atoms with Crippen LogP contribution in [0.25, 0.3) is 0 Å². The minimum atomic E-state index is -3.47. The normalized spacial score (nSPS) is 19.2. The predicted octanol–water partition coefficient (Wildman–Crippen LogP) is -1.80. The second-order valence-corrected chi connectivity index (χ2v) is 5.99. The zero-order valence-corrected chi connectivity index (χ0v) is 10.7. The van der Waals surface area contributed by atoms with Crippen molar-refractivity contribution >= 4 is 10.2 Å². The van der Waals surface area contributed by atoms with Crippen LogP contribution in [0.15, 0.2) is 0 Å². The molecule has 1 aromatic rings. The van der Waals surface area contributed by atoms with Crippen molar-refractivity contribution in [3.8, 4) is 0 Å². The molecule has 1 saturated heterocycles. The fourth-order valence-corrected chi connectivity index (χ4v) is 3.08. The number of nitrogens with zero attached hydrogens (tertiary/aromatic N) is 4. The smallest absolute Gasteiger partial charge is 0.279 e. The van der Waals surface area contributed by atoms with Gasteiger partial charge in [-0.25, -0.2) is 0 Å². The highest BCUT2D eigenvalue weighted by Gasteiger charge is 2.27. The average molecular weight is 275 g/mol. The highest BCUT2D eigenvalue weighted by Crippen LogP contribution is 2.17. The molecule has 1 fully saturated rings. The van der Waals surface area contributed by atoms with Gasteiger partial charge in [0.25, 0.3) is 10.2 Å². The Balaban J connectivity index is 1.87. The van der Waals surface area contributed by atoms with Crippen LogP contribution in [-0.4, -0.2) is 53.0 Å². The van der Waals surface area contributed by atoms with Gasteiger partial charge < -0.3 is 5.73 Å². The van der Waals surface area contributed by atoms with Crippen LogP contribution in [0.2, 0.25) is 0 Å². The highest BCUT2D eigenvalue weighted by molar-refractivity contribution is 7.87. The van der Waals surface area contributed by atoms with E-state index in [0.717, 1.165) is 12.8 Å². The summed E-state index contributed by atoms with van der Waals surface area (Å²) in [4.78, 5) is 0. The zero-order valence-electron chi connectivity index (χ0n) is 9.91. The standard InChI is InChI=1S/C8H17N7O2S/c9-5-7-1-3-15(4-2-7)18(16,17)10-6-8-11-13-14-12-8/h7,10H,1-6,9H2,(H,11,12,13,14). The Bertz CT molecular complexity index is 452. The molecule has 0 atom stereocenters. The molecular weight excluding hydrogens is 258 g/mol. The first kappa shape index (κ1) is 13.3. The van der Waals surface area contributed by atoms with Crippen LogP contribution in [0.3, 0.4) is 0 Å². The van der Waals surface area contributed by atoms with Gasteiger partial charge in [0.1, 0.15) is 0 Å². The Morgan fingerprint density at radius 1 is 1.44 bits per heavy atom. The van der Waals surface area contributed by atoms with Crippen molar-refractivity contribution in [2.24, 2.45) is 11.7 Å². The third-order valence-electron chi connectivity index (χ3n) is 3.05. The number of aromatic nitrogens is 4. The van der Waals surface area contributed by atoms with E-state index in [9.17, 15) is 8.42 Å². The van der Waals surface area contributed by atoms with Crippen molar-refractivity contribution in [1.82, 2.24) is 29.7 Å². The number of hydrogen-bond donors (Lipinski definition) is 3. The number of rotatable bonds is 5. The maximum absolute atomic E-state index is 12.0. The minimum Gasteiger partial charge on any atom is -0.330 e. The molecule has 18 heavy (non-hydrogen) atoms. The Hall–Kier alpha value is -1.10. The number of aromatic amines is 1. The molecule has 0 saturated carbocycles. The Morgan fingerprint density at radius 2 is 2.17 bits per heavy atom. The predicted molar refractivity (Wildman–Crippen MR) is 63.3 cm³/mol. The van der Waals surface area contributed by atoms with Crippen molar-refractivity contribution in [3.05, 3.63) is 5.82 Å². The lowest BCUT2D eigenvalue weighted by Crippen LogP contribution is -2.45. The van der Waals surface area contributed by atoms with E-state index in [1.54, 1.807) is 0 Å². The third kappa shape index (κ3) is 3.22. The number of tetrazole rings is 1. The summed E-state index contributed by atoms with van der Waals surface area (Å²) < 4.78 is 27.8. The second kappa shape index (κ2) is 5.69. The summed E-state index contributed by atoms with van der Waals surface area (Å²) in [7, 11) is -3.47. The van der Waals surface area contributed by atoms with E-state index < -0.39 is 10.2 Å². The molecule has 0 aliphatic carbocycles. The van der Waals surface area contributed by atoms with Gasteiger partial charge in [-0.05, 0) is 25.3 Å². The first-order chi connectivity index (χ1) is 8.62. The quantitative estimate of drug-likeness (QED) is 0.581. The lowest BCUT2D eigenvalue weighted by atomic mass is 9.99. The molecule has 10 heteroatoms. The largest absolute Gasteiger partial charge is 0.330 e. The highest BCUT2D eigenvalue weighted by atomic mass is 32.2. The van der Waals surface area contributed by atoms with Crippen molar-refractivity contribution in [2.45, 2.75) is 19.4 Å². The van der Waals surface area contributed by atoms with Gasteiger partial charge in [-0.2, -0.15) is 22.7 Å². The van der Waals surface area contributed by atoms with Gasteiger partial charge in [-0.15, -0.1) is 10.2 Å². The molecule has 9 nitrogen and oxygen atoms in total. The van der Waals surface area contributed by atoms with Crippen molar-refractivity contribution in [2.75, 3.05) is 19.6 Å². The SMILES string of the molecule is NCC1CCN(S(=O)(=O)NCc2nn[nH]n2)CC1. The fraction of sp³-hybridized carbons (Fsp3) is 0.875. The topological polar surface area (TPSA) is 130 Å². The van der Waals surface area contributed by atoms with Crippen LogP contribution < -0.4 is 10.5 Å². The molecule has 0 unspecified atom stereocenters. The zero-order chi connectivity index (χ0) is 13.0. The minimum absolute atomic E-state index is 0.0374. The first-order valence-electron chi connectivity index (χ1n) is 5.79. The van der Waals surface area contributed by atoms with Crippen LogP contribution in [0, 0.1) is 5.92 Å². The van der Waals surface area contributed by atoms with Crippen molar-refractivity contribution in [1.29, 1.82) is 0 Å². The summed E-state index contributed by atoms with van der Waals surface area (Å²) in [5.41, 5.74) is 5.57. The van der Waals surface area contributed by atoms with Gasteiger partial charge in [-0.1, -0.05) is 5.21 Å². The molecule has 0 amide bonds. The Morgan fingerprint density at radius 3 is 2.72 bits per heavy atom. The average Bonchev–Trinajstić information content (AvgIpc) is 2.90. The Kier molecular flexibility index (Phi) is 4.22. The lowest BCUT2D eigenvalue weighted by Gasteiger charge is -2.30. The van der Waals surface area contributed by atoms with Crippen molar-refractivity contribution < 1.29 is 8.42 Å². The van der Waals surface area contributed by atoms with E-state index in [-0.39, 0.29) is 6.54 Å². The van der Waals surface area contributed by atoms with Gasteiger partial charge in [0, 0.05) is 13.1 Å². The molecule has 0 spiro atoms. The summed E-state index contributed by atoms with van der Waals surface area (Å²) in [6.45, 7) is 1.66. The summed E-state index contributed by atoms with van der Waals surface area (Å²) in [5, 5.41) is 13.0. The first-order valence-corrected chi connectivity index (χ1v) is 7.23. The maximum atomic E-state index is 12.0. The van der Waals surface area contributed by atoms with Crippen LogP contribution in [0.4, 0.5) is 0 Å². The van der Waals surface area contributed by atoms with E-state index in [1.807, 2.05) is 0 Å². The molecule has 1 aliphatic heterocycles. The molecule has 0 aromatic carbocycles. The number of piperidine rings is 1. The number of H-pyrrole nitrogens is 1. The number of nitrogens with one attached hydrogen (secondary N) is 2. The maximum Gasteiger partial charge on any atom is 0.279 e. The molecule has 2 heterocycles. The summed E-state index contributed by atoms with van der Waals surface area (Å²) in [6, 6.07) is 0. The monoisotopic (exact) mass is 275 g/mol. The molecule has 0 bridgehead atoms. The van der Waals surface area contributed by atoms with Gasteiger partial charge in [0.05, 0.1) is 6.54 Å². The lowest BCUT2D eigenvalue weighted by molar-refractivity contribution is 0.275. The summed E-state index contributed by atoms with van der Waals surface area (Å²) in [5.74, 6) is 0.740. The summed E-state index contributed by atoms with van der Waals surface area (Å²) in [6.07, 6.45) is 1.61. The van der Waals surface area contributed by atoms with Crippen molar-refractivity contribution in [3.63, 3.8) is 0 Å². The summed E-state index contributed by atoms with van der Waals surface area (Å²) >= 11 is 0. The van der Waals surface area contributed by atoms with E-state index in [2.05, 4.69) is 25.3 Å². The second-order valence-electron chi connectivity index (χ2n) is 4.23. The molecule has 0 radical (unpaired) electrons. The Labute approximate surface area is 105 Å². The van der Waals surface area contributed by atoms with Gasteiger partial charge in [0.2, 0.25) is 0 Å². The molecule has 102 valence electrons. The number of hydrogen-bond acceptors (Lipinski definition) is 6. The molecular formula is C8H17N7O2S. The number of nitrogens with two attached hydrogens (primary N) is 1. The fourth-order valence-electron chi connectivity index (χ4n) is 1.89. The van der Waals surface area contributed by atoms with E-state index in [4.69, 9.17) is 5.73 Å². The van der Waals surface area contributed by atoms with E-state index in [1.165, 1.54) is 4.31 Å². The molecule has 2 rings (SSSR count). The van der Waals surface area contributed by atoms with Crippen LogP contribution in [-0.2, 0) is 16.8 Å². The third-order valence-corrected chi connectivity index (χ3v) is 4.60. The van der Waals surface area contributed by atoms with E-state index >= 15 is 0 Å².